The summed E-state index contributed by atoms with van der Waals surface area (Å²) in [5, 5.41) is 19.9. The van der Waals surface area contributed by atoms with Crippen molar-refractivity contribution < 1.29 is 22.7 Å². The highest BCUT2D eigenvalue weighted by Crippen LogP contribution is 2.45. The average Bonchev–Trinajstić information content (AvgIpc) is 3.43. The average molecular weight is 502 g/mol. The molecule has 7 nitrogen and oxygen atoms in total. The van der Waals surface area contributed by atoms with Gasteiger partial charge >= 0.3 is 6.18 Å². The smallest absolute Gasteiger partial charge is 0.410 e. The van der Waals surface area contributed by atoms with Gasteiger partial charge in [0.1, 0.15) is 28.2 Å². The van der Waals surface area contributed by atoms with Crippen molar-refractivity contribution in [3.05, 3.63) is 57.6 Å². The van der Waals surface area contributed by atoms with Crippen LogP contribution < -0.4 is 15.4 Å². The number of nitrogens with one attached hydrogen (secondary N) is 2. The normalized spacial score (nSPS) is 19.2. The largest absolute Gasteiger partial charge is 0.497 e. The van der Waals surface area contributed by atoms with Gasteiger partial charge in [-0.3, -0.25) is 4.79 Å². The second kappa shape index (κ2) is 8.92. The number of benzene rings is 1. The number of halogens is 3. The summed E-state index contributed by atoms with van der Waals surface area (Å²) in [6.07, 6.45) is -0.0646. The first-order valence-electron chi connectivity index (χ1n) is 11.2. The Kier molecular flexibility index (Phi) is 5.92. The number of rotatable bonds is 4. The predicted octanol–water partition coefficient (Wildman–Crippen LogP) is 5.62. The van der Waals surface area contributed by atoms with Crippen LogP contribution in [0.15, 0.2) is 30.5 Å². The molecule has 2 aromatic heterocycles. The standard InChI is InChI=1S/C24H22F3N5O2S/c1-34-14-6-4-5-13(9-14)18-10-20(24(25,26)27)32-21(30-18)17(12-29-32)22(33)31-23-16(11-28)15-7-2-3-8-19(15)35-23/h4-6,9,12,18,20,30H,2-3,7-8,10H2,1H3,(H,31,33)/t18-,20-/m1/s1. The molecule has 1 amide bonds. The number of carbonyl (C=O) groups is 1. The molecule has 5 rings (SSSR count). The second-order valence-electron chi connectivity index (χ2n) is 8.60. The monoisotopic (exact) mass is 501 g/mol. The molecule has 2 aliphatic rings. The molecule has 182 valence electrons. The summed E-state index contributed by atoms with van der Waals surface area (Å²) >= 11 is 1.36. The van der Waals surface area contributed by atoms with E-state index < -0.39 is 24.2 Å². The van der Waals surface area contributed by atoms with Crippen LogP contribution in [0.25, 0.3) is 0 Å². The number of alkyl halides is 3. The highest BCUT2D eigenvalue weighted by Gasteiger charge is 2.47. The Bertz CT molecular complexity index is 1320. The van der Waals surface area contributed by atoms with Crippen molar-refractivity contribution >= 4 is 28.1 Å². The number of methoxy groups -OCH3 is 1. The molecule has 0 unspecified atom stereocenters. The van der Waals surface area contributed by atoms with E-state index in [0.717, 1.165) is 47.0 Å². The molecule has 11 heteroatoms. The lowest BCUT2D eigenvalue weighted by molar-refractivity contribution is -0.173. The number of aromatic nitrogens is 2. The van der Waals surface area contributed by atoms with Crippen molar-refractivity contribution in [2.45, 2.75) is 50.4 Å². The molecular formula is C24H22F3N5O2S. The lowest BCUT2D eigenvalue weighted by atomic mass is 9.96. The van der Waals surface area contributed by atoms with Gasteiger partial charge in [-0.1, -0.05) is 12.1 Å². The molecule has 0 bridgehead atoms. The molecular weight excluding hydrogens is 479 g/mol. The summed E-state index contributed by atoms with van der Waals surface area (Å²) in [6.45, 7) is 0. The summed E-state index contributed by atoms with van der Waals surface area (Å²) in [5.74, 6) is -0.0969. The number of aryl methyl sites for hydroxylation is 1. The van der Waals surface area contributed by atoms with Gasteiger partial charge in [-0.15, -0.1) is 11.3 Å². The first kappa shape index (κ1) is 23.2. The van der Waals surface area contributed by atoms with Crippen LogP contribution >= 0.6 is 11.3 Å². The van der Waals surface area contributed by atoms with Gasteiger partial charge < -0.3 is 15.4 Å². The number of hydrogen-bond donors (Lipinski definition) is 2. The Morgan fingerprint density at radius 3 is 2.89 bits per heavy atom. The van der Waals surface area contributed by atoms with Crippen LogP contribution in [0.5, 0.6) is 5.75 Å². The molecule has 0 saturated carbocycles. The van der Waals surface area contributed by atoms with Crippen molar-refractivity contribution in [2.75, 3.05) is 17.7 Å². The Morgan fingerprint density at radius 1 is 1.34 bits per heavy atom. The molecule has 0 fully saturated rings. The molecule has 0 radical (unpaired) electrons. The van der Waals surface area contributed by atoms with Crippen LogP contribution in [0.4, 0.5) is 24.0 Å². The Hall–Kier alpha value is -3.52. The van der Waals surface area contributed by atoms with Gasteiger partial charge in [0.25, 0.3) is 5.91 Å². The highest BCUT2D eigenvalue weighted by molar-refractivity contribution is 7.16. The van der Waals surface area contributed by atoms with Crippen LogP contribution in [0.3, 0.4) is 0 Å². The SMILES string of the molecule is COc1cccc([C@H]2C[C@H](C(F)(F)F)n3ncc(C(=O)Nc4sc5c(c4C#N)CCCC5)c3N2)c1. The summed E-state index contributed by atoms with van der Waals surface area (Å²) in [4.78, 5) is 14.3. The summed E-state index contributed by atoms with van der Waals surface area (Å²) < 4.78 is 48.0. The third kappa shape index (κ3) is 4.23. The minimum Gasteiger partial charge on any atom is -0.497 e. The number of fused-ring (bicyclic) bond motifs is 2. The van der Waals surface area contributed by atoms with Gasteiger partial charge in [0, 0.05) is 11.3 Å². The van der Waals surface area contributed by atoms with Crippen LogP contribution in [-0.4, -0.2) is 29.0 Å². The first-order chi connectivity index (χ1) is 16.8. The van der Waals surface area contributed by atoms with Crippen molar-refractivity contribution in [1.29, 1.82) is 5.26 Å². The zero-order valence-corrected chi connectivity index (χ0v) is 19.6. The zero-order chi connectivity index (χ0) is 24.7. The Morgan fingerprint density at radius 2 is 2.14 bits per heavy atom. The van der Waals surface area contributed by atoms with E-state index in [1.807, 2.05) is 0 Å². The Balaban J connectivity index is 1.49. The van der Waals surface area contributed by atoms with E-state index >= 15 is 0 Å². The molecule has 3 heterocycles. The second-order valence-corrected chi connectivity index (χ2v) is 9.70. The number of amides is 1. The minimum absolute atomic E-state index is 0.0104. The molecule has 1 aromatic carbocycles. The van der Waals surface area contributed by atoms with E-state index in [1.54, 1.807) is 24.3 Å². The van der Waals surface area contributed by atoms with E-state index in [9.17, 15) is 23.2 Å². The number of ether oxygens (including phenoxy) is 1. The number of carbonyl (C=O) groups excluding carboxylic acids is 1. The minimum atomic E-state index is -4.56. The van der Waals surface area contributed by atoms with Gasteiger partial charge in [0.2, 0.25) is 0 Å². The van der Waals surface area contributed by atoms with E-state index in [4.69, 9.17) is 4.74 Å². The fourth-order valence-corrected chi connectivity index (χ4v) is 5.98. The third-order valence-corrected chi connectivity index (χ3v) is 7.70. The lowest BCUT2D eigenvalue weighted by Crippen LogP contribution is -2.36. The fraction of sp³-hybridized carbons (Fsp3) is 0.375. The molecule has 0 spiro atoms. The molecule has 2 N–H and O–H groups in total. The predicted molar refractivity (Wildman–Crippen MR) is 125 cm³/mol. The quantitative estimate of drug-likeness (QED) is 0.484. The summed E-state index contributed by atoms with van der Waals surface area (Å²) in [5.41, 5.74) is 2.00. The summed E-state index contributed by atoms with van der Waals surface area (Å²) in [6, 6.07) is 6.38. The van der Waals surface area contributed by atoms with Crippen LogP contribution in [0.2, 0.25) is 0 Å². The maximum atomic E-state index is 14.0. The molecule has 1 aliphatic carbocycles. The van der Waals surface area contributed by atoms with Gasteiger partial charge in [-0.05, 0) is 48.9 Å². The van der Waals surface area contributed by atoms with E-state index in [2.05, 4.69) is 21.8 Å². The van der Waals surface area contributed by atoms with E-state index in [1.165, 1.54) is 18.4 Å². The Labute approximate surface area is 203 Å². The van der Waals surface area contributed by atoms with Gasteiger partial charge in [-0.2, -0.15) is 23.5 Å². The fourth-order valence-electron chi connectivity index (χ4n) is 4.75. The van der Waals surface area contributed by atoms with Crippen molar-refractivity contribution in [1.82, 2.24) is 9.78 Å². The van der Waals surface area contributed by atoms with Gasteiger partial charge in [-0.25, -0.2) is 4.68 Å². The lowest BCUT2D eigenvalue weighted by Gasteiger charge is -2.34. The number of hydrogen-bond acceptors (Lipinski definition) is 6. The van der Waals surface area contributed by atoms with Gasteiger partial charge in [0.05, 0.1) is 24.9 Å². The molecule has 35 heavy (non-hydrogen) atoms. The molecule has 1 aliphatic heterocycles. The third-order valence-electron chi connectivity index (χ3n) is 6.49. The summed E-state index contributed by atoms with van der Waals surface area (Å²) in [7, 11) is 1.49. The maximum Gasteiger partial charge on any atom is 0.410 e. The molecule has 3 aromatic rings. The van der Waals surface area contributed by atoms with Crippen molar-refractivity contribution in [3.63, 3.8) is 0 Å². The molecule has 0 saturated heterocycles. The van der Waals surface area contributed by atoms with E-state index in [0.29, 0.717) is 21.9 Å². The number of nitriles is 1. The van der Waals surface area contributed by atoms with Crippen LogP contribution in [-0.2, 0) is 12.8 Å². The van der Waals surface area contributed by atoms with Crippen molar-refractivity contribution in [2.24, 2.45) is 0 Å². The maximum absolute atomic E-state index is 14.0. The number of anilines is 2. The van der Waals surface area contributed by atoms with Crippen LogP contribution in [0, 0.1) is 11.3 Å². The van der Waals surface area contributed by atoms with Crippen molar-refractivity contribution in [3.8, 4) is 11.8 Å². The van der Waals surface area contributed by atoms with Crippen LogP contribution in [0.1, 0.15) is 63.3 Å². The zero-order valence-electron chi connectivity index (χ0n) is 18.8. The number of thiophene rings is 1. The van der Waals surface area contributed by atoms with E-state index in [-0.39, 0.29) is 17.8 Å². The number of nitrogens with zero attached hydrogens (tertiary/aromatic N) is 3. The molecule has 2 atom stereocenters. The van der Waals surface area contributed by atoms with Gasteiger partial charge in [0.15, 0.2) is 6.04 Å². The topological polar surface area (TPSA) is 92.0 Å². The highest BCUT2D eigenvalue weighted by atomic mass is 32.1. The first-order valence-corrected chi connectivity index (χ1v) is 12.0.